The highest BCUT2D eigenvalue weighted by molar-refractivity contribution is 6.33. The number of hydrogen-bond acceptors (Lipinski definition) is 5. The van der Waals surface area contributed by atoms with Crippen LogP contribution in [0.1, 0.15) is 19.4 Å². The van der Waals surface area contributed by atoms with E-state index >= 15 is 0 Å². The Morgan fingerprint density at radius 2 is 2.00 bits per heavy atom. The molecule has 1 amide bonds. The number of ether oxygens (including phenoxy) is 1. The molecule has 2 heterocycles. The minimum absolute atomic E-state index is 0.0863. The molecule has 10 heteroatoms. The van der Waals surface area contributed by atoms with Crippen LogP contribution in [0.4, 0.5) is 8.78 Å². The highest BCUT2D eigenvalue weighted by Gasteiger charge is 2.13. The van der Waals surface area contributed by atoms with Crippen molar-refractivity contribution in [3.8, 4) is 28.5 Å². The average molecular weight is 449 g/mol. The lowest BCUT2D eigenvalue weighted by molar-refractivity contribution is -0.124. The Balaban J connectivity index is 1.91. The van der Waals surface area contributed by atoms with Gasteiger partial charge in [0.1, 0.15) is 5.82 Å². The van der Waals surface area contributed by atoms with Gasteiger partial charge < -0.3 is 15.0 Å². The molecule has 0 unspecified atom stereocenters. The van der Waals surface area contributed by atoms with Crippen molar-refractivity contribution in [3.63, 3.8) is 0 Å². The Morgan fingerprint density at radius 3 is 2.65 bits per heavy atom. The van der Waals surface area contributed by atoms with E-state index in [1.165, 1.54) is 24.4 Å². The van der Waals surface area contributed by atoms with E-state index in [2.05, 4.69) is 25.0 Å². The molecule has 31 heavy (non-hydrogen) atoms. The molecule has 3 aromatic rings. The van der Waals surface area contributed by atoms with Gasteiger partial charge in [-0.1, -0.05) is 31.5 Å². The van der Waals surface area contributed by atoms with Gasteiger partial charge in [0.15, 0.2) is 0 Å². The first kappa shape index (κ1) is 22.4. The lowest BCUT2D eigenvalue weighted by Gasteiger charge is -2.11. The molecule has 7 nitrogen and oxygen atoms in total. The molecule has 0 fully saturated rings. The molecule has 3 rings (SSSR count). The summed E-state index contributed by atoms with van der Waals surface area (Å²) in [5.74, 6) is -0.259. The maximum atomic E-state index is 12.3. The summed E-state index contributed by atoms with van der Waals surface area (Å²) in [5, 5.41) is 3.18. The lowest BCUT2D eigenvalue weighted by atomic mass is 10.1. The van der Waals surface area contributed by atoms with Gasteiger partial charge in [-0.2, -0.15) is 8.78 Å². The van der Waals surface area contributed by atoms with Crippen molar-refractivity contribution in [2.75, 3.05) is 0 Å². The first-order valence-corrected chi connectivity index (χ1v) is 9.70. The number of carbonyl (C=O) groups excluding carboxylic acids is 1. The van der Waals surface area contributed by atoms with Crippen molar-refractivity contribution in [2.24, 2.45) is 5.92 Å². The van der Waals surface area contributed by atoms with Crippen molar-refractivity contribution in [1.29, 1.82) is 0 Å². The van der Waals surface area contributed by atoms with E-state index in [1.807, 2.05) is 0 Å². The predicted octanol–water partition coefficient (Wildman–Crippen LogP) is 4.03. The molecule has 0 radical (unpaired) electrons. The molecule has 0 aliphatic rings. The molecular weight excluding hydrogens is 430 g/mol. The molecule has 0 saturated carbocycles. The standard InChI is InChI=1S/C21H19ClF2N4O3/c1-11(2)20(30)26-9-12-3-5-15(22)14(7-12)19-27-16(8-17(29)28-19)13-4-6-18(25-10-13)31-21(23)24/h3-8,10-11,21H,9H2,1-2H3,(H,26,30)(H,27,28,29). The van der Waals surface area contributed by atoms with Crippen LogP contribution in [0.2, 0.25) is 5.02 Å². The number of nitrogens with zero attached hydrogens (tertiary/aromatic N) is 2. The molecule has 162 valence electrons. The van der Waals surface area contributed by atoms with Gasteiger partial charge in [0.2, 0.25) is 11.8 Å². The fraction of sp³-hybridized carbons (Fsp3) is 0.238. The summed E-state index contributed by atoms with van der Waals surface area (Å²) in [6, 6.07) is 9.13. The average Bonchev–Trinajstić information content (AvgIpc) is 2.72. The van der Waals surface area contributed by atoms with Crippen LogP contribution in [0.5, 0.6) is 5.88 Å². The van der Waals surface area contributed by atoms with Crippen molar-refractivity contribution in [3.05, 3.63) is 63.5 Å². The van der Waals surface area contributed by atoms with Gasteiger partial charge >= 0.3 is 6.61 Å². The van der Waals surface area contributed by atoms with Crippen LogP contribution in [0.15, 0.2) is 47.4 Å². The summed E-state index contributed by atoms with van der Waals surface area (Å²) in [6.07, 6.45) is 1.28. The number of amides is 1. The fourth-order valence-corrected chi connectivity index (χ4v) is 2.89. The Bertz CT molecular complexity index is 1130. The summed E-state index contributed by atoms with van der Waals surface area (Å²) in [5.41, 5.74) is 1.54. The summed E-state index contributed by atoms with van der Waals surface area (Å²) < 4.78 is 28.8. The Morgan fingerprint density at radius 1 is 1.23 bits per heavy atom. The van der Waals surface area contributed by atoms with E-state index in [1.54, 1.807) is 32.0 Å². The predicted molar refractivity (Wildman–Crippen MR) is 112 cm³/mol. The van der Waals surface area contributed by atoms with Crippen molar-refractivity contribution in [2.45, 2.75) is 27.0 Å². The Labute approximate surface area is 181 Å². The van der Waals surface area contributed by atoms with Crippen molar-refractivity contribution >= 4 is 17.5 Å². The van der Waals surface area contributed by atoms with Gasteiger partial charge in [-0.15, -0.1) is 0 Å². The van der Waals surface area contributed by atoms with E-state index in [0.717, 1.165) is 5.56 Å². The number of H-pyrrole nitrogens is 1. The molecule has 0 aliphatic carbocycles. The number of carbonyl (C=O) groups is 1. The fourth-order valence-electron chi connectivity index (χ4n) is 2.68. The van der Waals surface area contributed by atoms with Crippen LogP contribution in [0, 0.1) is 5.92 Å². The zero-order valence-electron chi connectivity index (χ0n) is 16.7. The largest absolute Gasteiger partial charge is 0.417 e. The smallest absolute Gasteiger partial charge is 0.388 e. The second-order valence-corrected chi connectivity index (χ2v) is 7.34. The number of nitrogens with one attached hydrogen (secondary N) is 2. The van der Waals surface area contributed by atoms with E-state index in [-0.39, 0.29) is 29.2 Å². The molecule has 0 bridgehead atoms. The number of hydrogen-bond donors (Lipinski definition) is 2. The zero-order chi connectivity index (χ0) is 22.5. The number of halogens is 3. The molecule has 0 spiro atoms. The monoisotopic (exact) mass is 448 g/mol. The maximum absolute atomic E-state index is 12.3. The summed E-state index contributed by atoms with van der Waals surface area (Å²) in [4.78, 5) is 34.9. The minimum atomic E-state index is -2.98. The van der Waals surface area contributed by atoms with Crippen LogP contribution < -0.4 is 15.6 Å². The van der Waals surface area contributed by atoms with Crippen LogP contribution in [-0.4, -0.2) is 27.5 Å². The van der Waals surface area contributed by atoms with Crippen LogP contribution in [0.3, 0.4) is 0 Å². The van der Waals surface area contributed by atoms with Crippen molar-refractivity contribution < 1.29 is 18.3 Å². The number of benzene rings is 1. The van der Waals surface area contributed by atoms with Gasteiger partial charge in [0.05, 0.1) is 10.7 Å². The third-order valence-corrected chi connectivity index (χ3v) is 4.59. The molecule has 1 aromatic carbocycles. The molecule has 0 saturated heterocycles. The van der Waals surface area contributed by atoms with Gasteiger partial charge in [0.25, 0.3) is 5.56 Å². The molecule has 0 atom stereocenters. The van der Waals surface area contributed by atoms with Gasteiger partial charge in [0, 0.05) is 41.9 Å². The SMILES string of the molecule is CC(C)C(=O)NCc1ccc(Cl)c(-c2nc(-c3ccc(OC(F)F)nc3)cc(=O)[nH]2)c1. The number of aromatic amines is 1. The van der Waals surface area contributed by atoms with E-state index in [9.17, 15) is 18.4 Å². The van der Waals surface area contributed by atoms with Crippen LogP contribution in [0.25, 0.3) is 22.6 Å². The molecule has 0 aliphatic heterocycles. The van der Waals surface area contributed by atoms with E-state index in [0.29, 0.717) is 22.7 Å². The number of rotatable bonds is 7. The van der Waals surface area contributed by atoms with Gasteiger partial charge in [-0.25, -0.2) is 9.97 Å². The number of alkyl halides is 2. The van der Waals surface area contributed by atoms with E-state index < -0.39 is 12.2 Å². The maximum Gasteiger partial charge on any atom is 0.388 e. The quantitative estimate of drug-likeness (QED) is 0.569. The first-order chi connectivity index (χ1) is 14.7. The highest BCUT2D eigenvalue weighted by atomic mass is 35.5. The second-order valence-electron chi connectivity index (χ2n) is 6.93. The first-order valence-electron chi connectivity index (χ1n) is 9.32. The lowest BCUT2D eigenvalue weighted by Crippen LogP contribution is -2.27. The Hall–Kier alpha value is -3.33. The summed E-state index contributed by atoms with van der Waals surface area (Å²) >= 11 is 6.31. The van der Waals surface area contributed by atoms with E-state index in [4.69, 9.17) is 11.6 Å². The minimum Gasteiger partial charge on any atom is -0.417 e. The van der Waals surface area contributed by atoms with Crippen LogP contribution >= 0.6 is 11.6 Å². The number of pyridine rings is 1. The molecular formula is C21H19ClF2N4O3. The highest BCUT2D eigenvalue weighted by Crippen LogP contribution is 2.27. The second kappa shape index (κ2) is 9.65. The normalized spacial score (nSPS) is 11.1. The Kier molecular flexibility index (Phi) is 6.96. The third-order valence-electron chi connectivity index (χ3n) is 4.26. The zero-order valence-corrected chi connectivity index (χ0v) is 17.4. The van der Waals surface area contributed by atoms with Gasteiger partial charge in [-0.3, -0.25) is 9.59 Å². The topological polar surface area (TPSA) is 97.0 Å². The van der Waals surface area contributed by atoms with Gasteiger partial charge in [-0.05, 0) is 23.8 Å². The number of aromatic nitrogens is 3. The molecule has 2 aromatic heterocycles. The van der Waals surface area contributed by atoms with Crippen molar-refractivity contribution in [1.82, 2.24) is 20.3 Å². The summed E-state index contributed by atoms with van der Waals surface area (Å²) in [7, 11) is 0. The third kappa shape index (κ3) is 5.85. The van der Waals surface area contributed by atoms with Crippen LogP contribution in [-0.2, 0) is 11.3 Å². The molecule has 2 N–H and O–H groups in total. The summed E-state index contributed by atoms with van der Waals surface area (Å²) in [6.45, 7) is 0.899.